The predicted octanol–water partition coefficient (Wildman–Crippen LogP) is 9.26. The fraction of sp³-hybridized carbons (Fsp3) is 0.471. The molecule has 38 heavy (non-hydrogen) atoms. The Bertz CT molecular complexity index is 949. The van der Waals surface area contributed by atoms with Gasteiger partial charge in [-0.25, -0.2) is 0 Å². The molecular weight excluding hydrogens is 464 g/mol. The van der Waals surface area contributed by atoms with Crippen LogP contribution in [-0.4, -0.2) is 39.3 Å². The van der Waals surface area contributed by atoms with Crippen molar-refractivity contribution in [1.82, 2.24) is 0 Å². The molecule has 206 valence electrons. The quantitative estimate of drug-likeness (QED) is 0.189. The van der Waals surface area contributed by atoms with Crippen LogP contribution in [0.2, 0.25) is 0 Å². The van der Waals surface area contributed by atoms with E-state index in [1.807, 2.05) is 0 Å². The SMILES string of the molecule is CCCCN(c1ccc(N(CC)CC)cc1)c1ccc(N(CCCC)c2ccc(N(CC)CC)cc2)cc1. The van der Waals surface area contributed by atoms with Gasteiger partial charge in [-0.3, -0.25) is 0 Å². The molecule has 0 aromatic heterocycles. The van der Waals surface area contributed by atoms with Crippen LogP contribution >= 0.6 is 0 Å². The molecule has 0 fully saturated rings. The van der Waals surface area contributed by atoms with Gasteiger partial charge in [-0.15, -0.1) is 0 Å². The average Bonchev–Trinajstić information content (AvgIpc) is 2.97. The fourth-order valence-corrected chi connectivity index (χ4v) is 5.12. The Morgan fingerprint density at radius 3 is 0.816 bits per heavy atom. The lowest BCUT2D eigenvalue weighted by molar-refractivity contribution is 0.782. The smallest absolute Gasteiger partial charge is 0.0412 e. The number of unbranched alkanes of at least 4 members (excludes halogenated alkanes) is 2. The highest BCUT2D eigenvalue weighted by Gasteiger charge is 2.14. The molecule has 0 saturated carbocycles. The van der Waals surface area contributed by atoms with Crippen LogP contribution in [0.5, 0.6) is 0 Å². The highest BCUT2D eigenvalue weighted by atomic mass is 15.2. The summed E-state index contributed by atoms with van der Waals surface area (Å²) in [6.07, 6.45) is 4.70. The van der Waals surface area contributed by atoms with Crippen LogP contribution in [0.25, 0.3) is 0 Å². The zero-order chi connectivity index (χ0) is 27.3. The summed E-state index contributed by atoms with van der Waals surface area (Å²) in [5.41, 5.74) is 7.62. The van der Waals surface area contributed by atoms with Gasteiger partial charge in [-0.05, 0) is 113 Å². The first-order valence-corrected chi connectivity index (χ1v) is 14.9. The van der Waals surface area contributed by atoms with Crippen molar-refractivity contribution in [1.29, 1.82) is 0 Å². The molecule has 4 nitrogen and oxygen atoms in total. The summed E-state index contributed by atoms with van der Waals surface area (Å²) >= 11 is 0. The molecule has 3 rings (SSSR count). The molecule has 3 aromatic carbocycles. The standard InChI is InChI=1S/C34H50N4/c1-7-13-27-37(31-19-15-29(16-20-31)35(9-3)10-4)33-23-25-34(26-24-33)38(28-14-8-2)32-21-17-30(18-22-32)36(11-5)12-6/h15-26H,7-14,27-28H2,1-6H3. The Morgan fingerprint density at radius 1 is 0.368 bits per heavy atom. The molecule has 0 aliphatic heterocycles. The number of nitrogens with zero attached hydrogens (tertiary/aromatic N) is 4. The first kappa shape index (κ1) is 29.4. The van der Waals surface area contributed by atoms with E-state index in [4.69, 9.17) is 0 Å². The van der Waals surface area contributed by atoms with E-state index in [0.717, 1.165) is 39.3 Å². The van der Waals surface area contributed by atoms with Gasteiger partial charge in [0.25, 0.3) is 0 Å². The molecule has 4 heteroatoms. The number of anilines is 6. The molecule has 0 radical (unpaired) electrons. The Kier molecular flexibility index (Phi) is 11.9. The van der Waals surface area contributed by atoms with Crippen molar-refractivity contribution < 1.29 is 0 Å². The second-order valence-corrected chi connectivity index (χ2v) is 9.90. The molecule has 0 spiro atoms. The van der Waals surface area contributed by atoms with E-state index in [1.54, 1.807) is 0 Å². The second-order valence-electron chi connectivity index (χ2n) is 9.90. The molecule has 0 bridgehead atoms. The van der Waals surface area contributed by atoms with Gasteiger partial charge in [0.1, 0.15) is 0 Å². The van der Waals surface area contributed by atoms with E-state index in [0.29, 0.717) is 0 Å². The Morgan fingerprint density at radius 2 is 0.605 bits per heavy atom. The summed E-state index contributed by atoms with van der Waals surface area (Å²) in [6, 6.07) is 27.4. The van der Waals surface area contributed by atoms with E-state index < -0.39 is 0 Å². The van der Waals surface area contributed by atoms with E-state index >= 15 is 0 Å². The van der Waals surface area contributed by atoms with Gasteiger partial charge in [-0.1, -0.05) is 26.7 Å². The summed E-state index contributed by atoms with van der Waals surface area (Å²) in [5.74, 6) is 0. The lowest BCUT2D eigenvalue weighted by Gasteiger charge is -2.29. The zero-order valence-corrected chi connectivity index (χ0v) is 24.8. The van der Waals surface area contributed by atoms with E-state index in [-0.39, 0.29) is 0 Å². The Labute approximate surface area is 232 Å². The third kappa shape index (κ3) is 7.46. The molecule has 3 aromatic rings. The summed E-state index contributed by atoms with van der Waals surface area (Å²) in [4.78, 5) is 9.73. The zero-order valence-electron chi connectivity index (χ0n) is 24.8. The van der Waals surface area contributed by atoms with Gasteiger partial charge in [-0.2, -0.15) is 0 Å². The largest absolute Gasteiger partial charge is 0.372 e. The van der Waals surface area contributed by atoms with Crippen molar-refractivity contribution in [2.75, 3.05) is 58.9 Å². The third-order valence-electron chi connectivity index (χ3n) is 7.52. The third-order valence-corrected chi connectivity index (χ3v) is 7.52. The Balaban J connectivity index is 1.87. The minimum Gasteiger partial charge on any atom is -0.372 e. The van der Waals surface area contributed by atoms with Crippen LogP contribution in [0.3, 0.4) is 0 Å². The Hall–Kier alpha value is -3.14. The van der Waals surface area contributed by atoms with Crippen molar-refractivity contribution in [3.63, 3.8) is 0 Å². The maximum atomic E-state index is 2.47. The maximum Gasteiger partial charge on any atom is 0.0412 e. The number of benzene rings is 3. The van der Waals surface area contributed by atoms with Crippen LogP contribution in [0, 0.1) is 0 Å². The molecule has 0 atom stereocenters. The van der Waals surface area contributed by atoms with Gasteiger partial charge in [0.15, 0.2) is 0 Å². The van der Waals surface area contributed by atoms with Gasteiger partial charge < -0.3 is 19.6 Å². The molecule has 0 N–H and O–H groups in total. The number of hydrogen-bond acceptors (Lipinski definition) is 4. The van der Waals surface area contributed by atoms with Crippen molar-refractivity contribution >= 4 is 34.1 Å². The van der Waals surface area contributed by atoms with Gasteiger partial charge in [0, 0.05) is 73.4 Å². The summed E-state index contributed by atoms with van der Waals surface area (Å²) in [7, 11) is 0. The van der Waals surface area contributed by atoms with Crippen molar-refractivity contribution in [3.05, 3.63) is 72.8 Å². The normalized spacial score (nSPS) is 10.9. The van der Waals surface area contributed by atoms with Crippen molar-refractivity contribution in [2.24, 2.45) is 0 Å². The van der Waals surface area contributed by atoms with Gasteiger partial charge in [0.2, 0.25) is 0 Å². The summed E-state index contributed by atoms with van der Waals surface area (Å²) in [5, 5.41) is 0. The van der Waals surface area contributed by atoms with Gasteiger partial charge >= 0.3 is 0 Å². The van der Waals surface area contributed by atoms with E-state index in [9.17, 15) is 0 Å². The van der Waals surface area contributed by atoms with Crippen LogP contribution in [0.4, 0.5) is 34.1 Å². The number of rotatable bonds is 16. The molecular formula is C34H50N4. The van der Waals surface area contributed by atoms with Crippen LogP contribution in [0.1, 0.15) is 67.2 Å². The van der Waals surface area contributed by atoms with Gasteiger partial charge in [0.05, 0.1) is 0 Å². The summed E-state index contributed by atoms with van der Waals surface area (Å²) in [6.45, 7) is 19.6. The monoisotopic (exact) mass is 514 g/mol. The highest BCUT2D eigenvalue weighted by Crippen LogP contribution is 2.33. The minimum absolute atomic E-state index is 1.02. The van der Waals surface area contributed by atoms with Crippen LogP contribution in [0.15, 0.2) is 72.8 Å². The molecule has 0 aliphatic carbocycles. The first-order valence-electron chi connectivity index (χ1n) is 14.9. The predicted molar refractivity (Wildman–Crippen MR) is 170 cm³/mol. The molecule has 0 saturated heterocycles. The van der Waals surface area contributed by atoms with E-state index in [1.165, 1.54) is 59.8 Å². The topological polar surface area (TPSA) is 13.0 Å². The van der Waals surface area contributed by atoms with Crippen LogP contribution in [-0.2, 0) is 0 Å². The lowest BCUT2D eigenvalue weighted by atomic mass is 10.1. The molecule has 0 heterocycles. The minimum atomic E-state index is 1.02. The van der Waals surface area contributed by atoms with E-state index in [2.05, 4.69) is 134 Å². The number of hydrogen-bond donors (Lipinski definition) is 0. The maximum absolute atomic E-state index is 2.47. The highest BCUT2D eigenvalue weighted by molar-refractivity contribution is 5.71. The summed E-state index contributed by atoms with van der Waals surface area (Å²) < 4.78 is 0. The second kappa shape index (κ2) is 15.3. The average molecular weight is 515 g/mol. The van der Waals surface area contributed by atoms with Crippen molar-refractivity contribution in [3.8, 4) is 0 Å². The van der Waals surface area contributed by atoms with Crippen molar-refractivity contribution in [2.45, 2.75) is 67.2 Å². The lowest BCUT2D eigenvalue weighted by Crippen LogP contribution is -2.22. The first-order chi connectivity index (χ1) is 18.6. The fourth-order valence-electron chi connectivity index (χ4n) is 5.12. The molecule has 0 amide bonds. The molecule has 0 unspecified atom stereocenters. The molecule has 0 aliphatic rings. The van der Waals surface area contributed by atoms with Crippen LogP contribution < -0.4 is 19.6 Å².